The number of fused-ring (bicyclic) bond motifs is 14. The smallest absolute Gasteiger partial charge is 0.271 e. The first-order valence-electron chi connectivity index (χ1n) is 29.8. The summed E-state index contributed by atoms with van der Waals surface area (Å²) in [6, 6.07) is 9.60. The molecule has 25 nitrogen and oxygen atoms in total. The number of carbonyl (C=O) groups is 7. The first-order chi connectivity index (χ1) is 44.4. The van der Waals surface area contributed by atoms with Gasteiger partial charge in [0.1, 0.15) is 70.8 Å². The molecule has 0 spiro atoms. The summed E-state index contributed by atoms with van der Waals surface area (Å²) in [6.07, 6.45) is 2.50. The maximum atomic E-state index is 14.4. The van der Waals surface area contributed by atoms with Gasteiger partial charge in [0.15, 0.2) is 0 Å². The van der Waals surface area contributed by atoms with Gasteiger partial charge >= 0.3 is 0 Å². The van der Waals surface area contributed by atoms with Crippen molar-refractivity contribution in [2.75, 3.05) is 65.3 Å². The van der Waals surface area contributed by atoms with Crippen LogP contribution in [0.3, 0.4) is 0 Å². The van der Waals surface area contributed by atoms with Gasteiger partial charge in [-0.15, -0.1) is 68.0 Å². The highest BCUT2D eigenvalue weighted by Gasteiger charge is 2.36. The van der Waals surface area contributed by atoms with E-state index in [-0.39, 0.29) is 66.3 Å². The van der Waals surface area contributed by atoms with Crippen LogP contribution in [-0.4, -0.2) is 156 Å². The Morgan fingerprint density at radius 1 is 0.717 bits per heavy atom. The minimum absolute atomic E-state index is 0.00114. The Morgan fingerprint density at radius 2 is 1.46 bits per heavy atom. The number of ether oxygens (including phenoxy) is 1. The predicted octanol–water partition coefficient (Wildman–Crippen LogP) is 7.19. The first-order valence-corrected chi connectivity index (χ1v) is 34.9. The number of hydrogen-bond acceptors (Lipinski definition) is 24. The standard InChI is InChI=1S/C61H67N15O10S6/c1-30(2)45-60-74-48(41(92-60)26-86-5)53(83)63-25-44(79)71-49(50(80)32-9-7-6-8-10-32)59-68-39(28-88-59)56-64-24-40(91-56)47-35(55-67-38(27-87-55)52(82)66-37(23-43(78)62-4)58-73-46(31(3)90-58)54(84)72-45)15-16-36(65-47)57-70-42(29-89-57)69-51(81)33-11-13-34(14-12-33)61(85)76-19-17-75(18-20-76)21-22-77/h6-10,15-16,24,27-30,33-34,37,45,49-50,77,80H,11-14,17-23,25-26H2,1-5H3,(H,62,78)(H,63,83)(H,66,82)(H,69,81)(H,71,79)(H,72,84)/t33?,34?,37-,45-,49-,50-/m0/s1. The number of rotatable bonds is 13. The second-order valence-corrected chi connectivity index (χ2v) is 28.6. The van der Waals surface area contributed by atoms with E-state index in [1.165, 1.54) is 70.8 Å². The number of aryl methyl sites for hydroxylation is 1. The molecule has 31 heteroatoms. The maximum absolute atomic E-state index is 14.4. The van der Waals surface area contributed by atoms with Crippen molar-refractivity contribution in [3.63, 3.8) is 0 Å². The Bertz CT molecular complexity index is 4000. The van der Waals surface area contributed by atoms with Gasteiger partial charge in [0.05, 0.1) is 59.4 Å². The van der Waals surface area contributed by atoms with Crippen LogP contribution in [0.4, 0.5) is 5.82 Å². The van der Waals surface area contributed by atoms with Crippen molar-refractivity contribution in [2.24, 2.45) is 17.8 Å². The molecule has 10 bridgehead atoms. The van der Waals surface area contributed by atoms with Gasteiger partial charge in [-0.2, -0.15) is 0 Å². The van der Waals surface area contributed by atoms with E-state index in [4.69, 9.17) is 39.6 Å². The molecule has 92 heavy (non-hydrogen) atoms. The van der Waals surface area contributed by atoms with Crippen LogP contribution in [0, 0.1) is 24.7 Å². The average Bonchev–Trinajstić information content (AvgIpc) is 1.60. The largest absolute Gasteiger partial charge is 0.395 e. The molecule has 7 aromatic heterocycles. The minimum Gasteiger partial charge on any atom is -0.395 e. The number of benzene rings is 1. The molecule has 9 heterocycles. The number of thiazole rings is 6. The normalized spacial score (nSPS) is 19.7. The third kappa shape index (κ3) is 15.0. The van der Waals surface area contributed by atoms with E-state index >= 15 is 0 Å². The van der Waals surface area contributed by atoms with Crippen LogP contribution >= 0.6 is 68.0 Å². The Balaban J connectivity index is 0.911. The number of aromatic nitrogens is 7. The second kappa shape index (κ2) is 29.5. The van der Waals surface area contributed by atoms with Crippen LogP contribution in [0.1, 0.15) is 132 Å². The van der Waals surface area contributed by atoms with E-state index in [0.717, 1.165) is 24.4 Å². The minimum atomic E-state index is -1.28. The van der Waals surface area contributed by atoms with Crippen LogP contribution in [-0.2, 0) is 30.5 Å². The molecule has 1 aromatic carbocycles. The van der Waals surface area contributed by atoms with Crippen LogP contribution in [0.15, 0.2) is 64.8 Å². The van der Waals surface area contributed by atoms with Gasteiger partial charge in [-0.25, -0.2) is 34.9 Å². The number of piperazine rings is 1. The highest BCUT2D eigenvalue weighted by molar-refractivity contribution is 7.19. The van der Waals surface area contributed by atoms with Crippen molar-refractivity contribution in [3.05, 3.63) is 112 Å². The van der Waals surface area contributed by atoms with Gasteiger partial charge in [0, 0.05) is 91.5 Å². The Kier molecular flexibility index (Phi) is 21.1. The summed E-state index contributed by atoms with van der Waals surface area (Å²) < 4.78 is 5.46. The lowest BCUT2D eigenvalue weighted by atomic mass is 9.81. The van der Waals surface area contributed by atoms with Gasteiger partial charge in [-0.3, -0.25) is 38.5 Å². The lowest BCUT2D eigenvalue weighted by Crippen LogP contribution is -2.51. The van der Waals surface area contributed by atoms with Crippen molar-refractivity contribution in [3.8, 4) is 42.5 Å². The molecular formula is C61H67N15O10S6. The van der Waals surface area contributed by atoms with Gasteiger partial charge < -0.3 is 51.8 Å². The molecule has 7 amide bonds. The zero-order chi connectivity index (χ0) is 64.7. The summed E-state index contributed by atoms with van der Waals surface area (Å²) in [6.45, 7) is 8.36. The quantitative estimate of drug-likeness (QED) is 0.0566. The molecular weight excluding hydrogens is 1300 g/mol. The highest BCUT2D eigenvalue weighted by Crippen LogP contribution is 2.42. The zero-order valence-electron chi connectivity index (χ0n) is 50.7. The fourth-order valence-electron chi connectivity index (χ4n) is 11.1. The number of amides is 7. The average molecular weight is 1360 g/mol. The molecule has 4 atom stereocenters. The van der Waals surface area contributed by atoms with Gasteiger partial charge in [0.25, 0.3) is 17.7 Å². The molecule has 2 fully saturated rings. The molecule has 3 aliphatic rings. The van der Waals surface area contributed by atoms with Crippen molar-refractivity contribution < 1.29 is 48.5 Å². The van der Waals surface area contributed by atoms with E-state index in [1.54, 1.807) is 65.7 Å². The number of aliphatic hydroxyl groups is 2. The topological polar surface area (TPSA) is 338 Å². The molecule has 1 saturated carbocycles. The number of pyridine rings is 1. The first kappa shape index (κ1) is 65.8. The number of carbonyl (C=O) groups excluding carboxylic acids is 7. The van der Waals surface area contributed by atoms with E-state index in [9.17, 15) is 43.8 Å². The molecule has 8 N–H and O–H groups in total. The number of nitrogens with one attached hydrogen (secondary N) is 6. The number of nitrogens with zero attached hydrogens (tertiary/aromatic N) is 9. The van der Waals surface area contributed by atoms with Crippen molar-refractivity contribution in [1.29, 1.82) is 0 Å². The Morgan fingerprint density at radius 3 is 2.20 bits per heavy atom. The number of aliphatic hydroxyl groups excluding tert-OH is 2. The predicted molar refractivity (Wildman–Crippen MR) is 351 cm³/mol. The Hall–Kier alpha value is -7.72. The fraction of sp³-hybridized carbons (Fsp3) is 0.410. The molecule has 11 rings (SSSR count). The summed E-state index contributed by atoms with van der Waals surface area (Å²) in [7, 11) is 2.95. The van der Waals surface area contributed by atoms with Crippen molar-refractivity contribution in [1.82, 2.24) is 71.3 Å². The number of hydrogen-bond donors (Lipinski definition) is 8. The summed E-state index contributed by atoms with van der Waals surface area (Å²) in [5, 5.41) is 46.0. The summed E-state index contributed by atoms with van der Waals surface area (Å²) in [5.74, 6) is -3.24. The van der Waals surface area contributed by atoms with Crippen LogP contribution in [0.2, 0.25) is 0 Å². The molecule has 482 valence electrons. The van der Waals surface area contributed by atoms with Crippen LogP contribution < -0.4 is 31.9 Å². The number of methoxy groups -OCH3 is 1. The maximum Gasteiger partial charge on any atom is 0.271 e. The third-order valence-electron chi connectivity index (χ3n) is 16.0. The summed E-state index contributed by atoms with van der Waals surface area (Å²) in [4.78, 5) is 137. The second-order valence-electron chi connectivity index (χ2n) is 22.6. The molecule has 1 aliphatic carbocycles. The van der Waals surface area contributed by atoms with E-state index in [1.807, 2.05) is 24.8 Å². The number of β-amino-alcohol motifs (C(OH)–C–C–N with tert-alkyl or cyclic N) is 1. The molecule has 1 saturated heterocycles. The fourth-order valence-corrected chi connectivity index (χ4v) is 16.7. The Labute approximate surface area is 553 Å². The lowest BCUT2D eigenvalue weighted by molar-refractivity contribution is -0.139. The molecule has 2 aliphatic heterocycles. The monoisotopic (exact) mass is 1360 g/mol. The molecule has 8 aromatic rings. The van der Waals surface area contributed by atoms with E-state index in [0.29, 0.717) is 124 Å². The van der Waals surface area contributed by atoms with Crippen LogP contribution in [0.25, 0.3) is 42.5 Å². The van der Waals surface area contributed by atoms with Crippen molar-refractivity contribution in [2.45, 2.75) is 83.7 Å². The van der Waals surface area contributed by atoms with E-state index < -0.39 is 60.3 Å². The molecule has 0 radical (unpaired) electrons. The zero-order valence-corrected chi connectivity index (χ0v) is 55.6. The SMILES string of the molecule is CNC(=O)C[C@@H]1NC(=O)c2csc(n2)-c2ccc(-c3nc(NC(=O)C4CCC(C(=O)N5CCN(CCO)CC5)CC4)cs3)nc2-c2cnc(s2)-c2csc(n2)[C@H]([C@@H](O)c2ccccc2)NC(=O)CNC(=O)c2nc(sc2COC)[C@H](C(C)C)NC(=O)c2nc1sc2C. The summed E-state index contributed by atoms with van der Waals surface area (Å²) in [5.41, 5.74) is 2.47. The van der Waals surface area contributed by atoms with Gasteiger partial charge in [-0.05, 0) is 56.2 Å². The van der Waals surface area contributed by atoms with Gasteiger partial charge in [0.2, 0.25) is 23.6 Å². The highest BCUT2D eigenvalue weighted by atomic mass is 32.1. The molecule has 0 unspecified atom stereocenters. The summed E-state index contributed by atoms with van der Waals surface area (Å²) >= 11 is 7.27. The number of anilines is 1. The van der Waals surface area contributed by atoms with Crippen molar-refractivity contribution >= 4 is 115 Å². The van der Waals surface area contributed by atoms with Gasteiger partial charge in [-0.1, -0.05) is 44.2 Å². The third-order valence-corrected chi connectivity index (χ3v) is 21.9. The lowest BCUT2D eigenvalue weighted by Gasteiger charge is -2.37. The van der Waals surface area contributed by atoms with E-state index in [2.05, 4.69) is 36.8 Å². The van der Waals surface area contributed by atoms with Crippen LogP contribution in [0.5, 0.6) is 0 Å².